The number of carbonyl (C=O) groups excluding carboxylic acids is 3. The Morgan fingerprint density at radius 3 is 2.69 bits per heavy atom. The first-order chi connectivity index (χ1) is 12.4. The summed E-state index contributed by atoms with van der Waals surface area (Å²) in [6, 6.07) is -1.09. The Hall–Kier alpha value is -1.67. The topological polar surface area (TPSA) is 99.2 Å². The van der Waals surface area contributed by atoms with Gasteiger partial charge in [0.1, 0.15) is 6.04 Å². The molecule has 2 heterocycles. The third kappa shape index (κ3) is 3.71. The summed E-state index contributed by atoms with van der Waals surface area (Å²) in [6.07, 6.45) is 2.88. The molecule has 1 saturated carbocycles. The lowest BCUT2D eigenvalue weighted by Gasteiger charge is -2.38. The number of aliphatic hydroxyl groups excluding tert-OH is 1. The summed E-state index contributed by atoms with van der Waals surface area (Å²) in [7, 11) is 1.29. The highest BCUT2D eigenvalue weighted by atomic mass is 16.5. The van der Waals surface area contributed by atoms with Crippen molar-refractivity contribution in [2.45, 2.75) is 57.2 Å². The molecule has 146 valence electrons. The largest absolute Gasteiger partial charge is 0.467 e. The van der Waals surface area contributed by atoms with Crippen LogP contribution in [0.5, 0.6) is 0 Å². The van der Waals surface area contributed by atoms with Crippen LogP contribution in [0.2, 0.25) is 0 Å². The Labute approximate surface area is 153 Å². The monoisotopic (exact) mass is 367 g/mol. The van der Waals surface area contributed by atoms with Gasteiger partial charge in [0.2, 0.25) is 11.8 Å². The van der Waals surface area contributed by atoms with Gasteiger partial charge < -0.3 is 25.0 Å². The minimum atomic E-state index is -0.745. The Morgan fingerprint density at radius 2 is 2.08 bits per heavy atom. The van der Waals surface area contributed by atoms with E-state index >= 15 is 0 Å². The number of hydrogen-bond acceptors (Lipinski definition) is 6. The number of piperazine rings is 1. The van der Waals surface area contributed by atoms with E-state index in [2.05, 4.69) is 5.32 Å². The van der Waals surface area contributed by atoms with Gasteiger partial charge >= 0.3 is 5.97 Å². The molecule has 2 amide bonds. The maximum absolute atomic E-state index is 12.6. The first-order valence-corrected chi connectivity index (χ1v) is 9.45. The zero-order valence-corrected chi connectivity index (χ0v) is 15.6. The number of rotatable bonds is 5. The Balaban J connectivity index is 1.58. The van der Waals surface area contributed by atoms with Crippen LogP contribution in [0.15, 0.2) is 0 Å². The lowest BCUT2D eigenvalue weighted by Crippen LogP contribution is -2.59. The summed E-state index contributed by atoms with van der Waals surface area (Å²) in [5.41, 5.74) is 0.0503. The summed E-state index contributed by atoms with van der Waals surface area (Å²) < 4.78 is 4.86. The predicted octanol–water partition coefficient (Wildman–Crippen LogP) is -0.498. The quantitative estimate of drug-likeness (QED) is 0.636. The maximum Gasteiger partial charge on any atom is 0.328 e. The molecule has 8 nitrogen and oxygen atoms in total. The van der Waals surface area contributed by atoms with Crippen LogP contribution in [0.3, 0.4) is 0 Å². The molecule has 2 N–H and O–H groups in total. The van der Waals surface area contributed by atoms with Crippen molar-refractivity contribution < 1.29 is 24.2 Å². The average Bonchev–Trinajstić information content (AvgIpc) is 3.41. The van der Waals surface area contributed by atoms with Crippen LogP contribution in [-0.2, 0) is 19.1 Å². The first kappa shape index (κ1) is 19.1. The van der Waals surface area contributed by atoms with Crippen LogP contribution in [0.25, 0.3) is 0 Å². The second kappa shape index (κ2) is 7.52. The fourth-order valence-electron chi connectivity index (χ4n) is 4.10. The Kier molecular flexibility index (Phi) is 5.53. The average molecular weight is 367 g/mol. The Bertz CT molecular complexity index is 577. The Morgan fingerprint density at radius 1 is 1.35 bits per heavy atom. The van der Waals surface area contributed by atoms with Crippen molar-refractivity contribution in [1.82, 2.24) is 15.1 Å². The van der Waals surface area contributed by atoms with E-state index in [4.69, 9.17) is 4.74 Å². The van der Waals surface area contributed by atoms with E-state index in [9.17, 15) is 19.5 Å². The van der Waals surface area contributed by atoms with Crippen LogP contribution in [0, 0.1) is 5.41 Å². The van der Waals surface area contributed by atoms with Crippen molar-refractivity contribution in [3.8, 4) is 0 Å². The first-order valence-electron chi connectivity index (χ1n) is 9.45. The maximum atomic E-state index is 12.6. The second-order valence-corrected chi connectivity index (χ2v) is 7.75. The number of piperidine rings is 1. The normalized spacial score (nSPS) is 28.8. The molecule has 3 rings (SSSR count). The van der Waals surface area contributed by atoms with Gasteiger partial charge in [0, 0.05) is 32.6 Å². The van der Waals surface area contributed by atoms with E-state index in [-0.39, 0.29) is 36.1 Å². The van der Waals surface area contributed by atoms with Gasteiger partial charge in [0.05, 0.1) is 19.3 Å². The second-order valence-electron chi connectivity index (χ2n) is 7.75. The number of carbonyl (C=O) groups is 3. The van der Waals surface area contributed by atoms with Crippen LogP contribution in [0.4, 0.5) is 0 Å². The molecular formula is C18H29N3O5. The zero-order chi connectivity index (χ0) is 18.9. The highest BCUT2D eigenvalue weighted by Crippen LogP contribution is 2.53. The number of hydrogen-bond donors (Lipinski definition) is 2. The molecule has 0 bridgehead atoms. The molecule has 2 saturated heterocycles. The number of nitrogens with zero attached hydrogens (tertiary/aromatic N) is 2. The molecule has 3 atom stereocenters. The van der Waals surface area contributed by atoms with Gasteiger partial charge in [-0.05, 0) is 38.0 Å². The fraction of sp³-hybridized carbons (Fsp3) is 0.833. The minimum Gasteiger partial charge on any atom is -0.467 e. The van der Waals surface area contributed by atoms with Crippen molar-refractivity contribution in [1.29, 1.82) is 0 Å². The van der Waals surface area contributed by atoms with Gasteiger partial charge in [-0.1, -0.05) is 0 Å². The van der Waals surface area contributed by atoms with Crippen molar-refractivity contribution in [3.63, 3.8) is 0 Å². The number of β-amino-alcohol motifs (C(OH)–C–C–N with tert-alkyl or cyclic N) is 1. The minimum absolute atomic E-state index is 0.0503. The van der Waals surface area contributed by atoms with Crippen molar-refractivity contribution in [2.24, 2.45) is 5.41 Å². The van der Waals surface area contributed by atoms with E-state index in [0.29, 0.717) is 26.2 Å². The van der Waals surface area contributed by atoms with Crippen molar-refractivity contribution in [3.05, 3.63) is 0 Å². The highest BCUT2D eigenvalue weighted by molar-refractivity contribution is 5.88. The number of nitrogens with one attached hydrogen (secondary N) is 1. The molecule has 3 unspecified atom stereocenters. The molecule has 2 aliphatic heterocycles. The van der Waals surface area contributed by atoms with Gasteiger partial charge in [-0.25, -0.2) is 4.79 Å². The molecular weight excluding hydrogens is 338 g/mol. The van der Waals surface area contributed by atoms with Crippen molar-refractivity contribution >= 4 is 17.8 Å². The van der Waals surface area contributed by atoms with Gasteiger partial charge in [0.25, 0.3) is 0 Å². The van der Waals surface area contributed by atoms with E-state index in [1.54, 1.807) is 11.8 Å². The van der Waals surface area contributed by atoms with Crippen LogP contribution >= 0.6 is 0 Å². The number of amides is 2. The fourth-order valence-corrected chi connectivity index (χ4v) is 4.10. The number of aliphatic hydroxyl groups is 1. The lowest BCUT2D eigenvalue weighted by molar-refractivity contribution is -0.155. The molecule has 1 aliphatic carbocycles. The molecule has 3 fully saturated rings. The lowest BCUT2D eigenvalue weighted by atomic mass is 9.90. The summed E-state index contributed by atoms with van der Waals surface area (Å²) in [5.74, 6) is -0.719. The molecule has 0 aromatic rings. The molecule has 0 aromatic carbocycles. The van der Waals surface area contributed by atoms with E-state index < -0.39 is 18.1 Å². The highest BCUT2D eigenvalue weighted by Gasteiger charge is 2.51. The van der Waals surface area contributed by atoms with Gasteiger partial charge in [-0.2, -0.15) is 0 Å². The SMILES string of the molecule is COC(=O)C(CCC(=O)N1CCC2(CC2)C(O)C1)N1CCNC(C)C1=O. The summed E-state index contributed by atoms with van der Waals surface area (Å²) in [6.45, 7) is 3.81. The number of ether oxygens (including phenoxy) is 1. The summed E-state index contributed by atoms with van der Waals surface area (Å²) in [5, 5.41) is 13.3. The third-order valence-electron chi connectivity index (χ3n) is 6.16. The van der Waals surface area contributed by atoms with E-state index in [1.807, 2.05) is 0 Å². The van der Waals surface area contributed by atoms with Gasteiger partial charge in [-0.3, -0.25) is 9.59 Å². The van der Waals surface area contributed by atoms with Crippen LogP contribution in [0.1, 0.15) is 39.0 Å². The van der Waals surface area contributed by atoms with Crippen molar-refractivity contribution in [2.75, 3.05) is 33.3 Å². The van der Waals surface area contributed by atoms with Gasteiger partial charge in [-0.15, -0.1) is 0 Å². The smallest absolute Gasteiger partial charge is 0.328 e. The molecule has 8 heteroatoms. The summed E-state index contributed by atoms with van der Waals surface area (Å²) in [4.78, 5) is 40.3. The molecule has 0 aromatic heterocycles. The standard InChI is InChI=1S/C18H29N3O5/c1-12-16(24)21(10-8-19-12)13(17(25)26-2)3-4-15(23)20-9-7-18(5-6-18)14(22)11-20/h12-14,19,22H,3-11H2,1-2H3. The van der Waals surface area contributed by atoms with E-state index in [0.717, 1.165) is 19.3 Å². The predicted molar refractivity (Wildman–Crippen MR) is 93.1 cm³/mol. The zero-order valence-electron chi connectivity index (χ0n) is 15.6. The summed E-state index contributed by atoms with van der Waals surface area (Å²) >= 11 is 0. The van der Waals surface area contributed by atoms with Gasteiger partial charge in [0.15, 0.2) is 0 Å². The molecule has 0 radical (unpaired) electrons. The van der Waals surface area contributed by atoms with Crippen LogP contribution in [-0.4, -0.2) is 84.2 Å². The number of methoxy groups -OCH3 is 1. The van der Waals surface area contributed by atoms with E-state index in [1.165, 1.54) is 12.0 Å². The molecule has 1 spiro atoms. The number of esters is 1. The third-order valence-corrected chi connectivity index (χ3v) is 6.16. The molecule has 3 aliphatic rings. The van der Waals surface area contributed by atoms with Crippen LogP contribution < -0.4 is 5.32 Å². The number of likely N-dealkylation sites (tertiary alicyclic amines) is 1. The molecule has 26 heavy (non-hydrogen) atoms.